The summed E-state index contributed by atoms with van der Waals surface area (Å²) < 4.78 is 0. The van der Waals surface area contributed by atoms with Crippen LogP contribution in [0.4, 0.5) is 10.8 Å². The Hall–Kier alpha value is -1.62. The summed E-state index contributed by atoms with van der Waals surface area (Å²) in [4.78, 5) is 11.3. The second-order valence-electron chi connectivity index (χ2n) is 5.18. The summed E-state index contributed by atoms with van der Waals surface area (Å²) in [6, 6.07) is 4.07. The molecule has 0 aromatic carbocycles. The molecule has 3 heterocycles. The summed E-state index contributed by atoms with van der Waals surface area (Å²) in [5.74, 6) is 0. The summed E-state index contributed by atoms with van der Waals surface area (Å²) in [6.07, 6.45) is 5.41. The van der Waals surface area contributed by atoms with Gasteiger partial charge in [0.2, 0.25) is 0 Å². The first kappa shape index (κ1) is 13.4. The normalized spacial score (nSPS) is 14.8. The number of aryl methyl sites for hydroxylation is 1. The van der Waals surface area contributed by atoms with Crippen LogP contribution >= 0.6 is 11.3 Å². The average Bonchev–Trinajstić information content (AvgIpc) is 3.09. The van der Waals surface area contributed by atoms with Gasteiger partial charge in [-0.2, -0.15) is 0 Å². The molecule has 0 aliphatic carbocycles. The quantitative estimate of drug-likeness (QED) is 0.918. The van der Waals surface area contributed by atoms with Crippen molar-refractivity contribution in [1.29, 1.82) is 0 Å². The number of nitrogens with zero attached hydrogens (tertiary/aromatic N) is 3. The van der Waals surface area contributed by atoms with Crippen molar-refractivity contribution in [3.05, 3.63) is 35.1 Å². The maximum Gasteiger partial charge on any atom is 0.185 e. The van der Waals surface area contributed by atoms with E-state index >= 15 is 0 Å². The van der Waals surface area contributed by atoms with Crippen molar-refractivity contribution in [3.63, 3.8) is 0 Å². The third kappa shape index (κ3) is 3.28. The molecule has 0 spiro atoms. The summed E-state index contributed by atoms with van der Waals surface area (Å²) in [5.41, 5.74) is 3.36. The minimum Gasteiger partial charge on any atom is -0.385 e. The molecule has 5 heteroatoms. The lowest BCUT2D eigenvalue weighted by Gasteiger charge is -2.12. The molecular weight excluding hydrogens is 268 g/mol. The van der Waals surface area contributed by atoms with Crippen LogP contribution in [0.1, 0.15) is 24.2 Å². The van der Waals surface area contributed by atoms with Crippen LogP contribution in [0.5, 0.6) is 0 Å². The van der Waals surface area contributed by atoms with Gasteiger partial charge in [0.1, 0.15) is 0 Å². The van der Waals surface area contributed by atoms with Gasteiger partial charge in [-0.1, -0.05) is 0 Å². The highest BCUT2D eigenvalue weighted by molar-refractivity contribution is 7.13. The number of hydrogen-bond acceptors (Lipinski definition) is 5. The van der Waals surface area contributed by atoms with Gasteiger partial charge >= 0.3 is 0 Å². The molecule has 0 unspecified atom stereocenters. The molecule has 20 heavy (non-hydrogen) atoms. The molecule has 2 aromatic heterocycles. The molecule has 4 nitrogen and oxygen atoms in total. The van der Waals surface area contributed by atoms with Crippen LogP contribution in [0.3, 0.4) is 0 Å². The van der Waals surface area contributed by atoms with Gasteiger partial charge in [-0.25, -0.2) is 4.98 Å². The Morgan fingerprint density at radius 1 is 1.35 bits per heavy atom. The highest BCUT2D eigenvalue weighted by Crippen LogP contribution is 2.24. The Labute approximate surface area is 123 Å². The summed E-state index contributed by atoms with van der Waals surface area (Å²) in [7, 11) is 0. The molecule has 1 aliphatic rings. The Balaban J connectivity index is 1.51. The molecule has 0 radical (unpaired) electrons. The molecule has 0 bridgehead atoms. The third-order valence-electron chi connectivity index (χ3n) is 3.52. The minimum atomic E-state index is 0.909. The first-order chi connectivity index (χ1) is 9.81. The predicted molar refractivity (Wildman–Crippen MR) is 84.7 cm³/mol. The van der Waals surface area contributed by atoms with Gasteiger partial charge in [0.15, 0.2) is 5.13 Å². The summed E-state index contributed by atoms with van der Waals surface area (Å²) >= 11 is 1.77. The second-order valence-corrected chi connectivity index (χ2v) is 6.01. The Bertz CT molecular complexity index is 561. The van der Waals surface area contributed by atoms with Crippen LogP contribution in [0.25, 0.3) is 0 Å². The first-order valence-electron chi connectivity index (χ1n) is 7.17. The molecule has 1 saturated heterocycles. The SMILES string of the molecule is Cc1cc(NCCc2csc(N3CCCC3)n2)ccn1. The molecule has 106 valence electrons. The lowest BCUT2D eigenvalue weighted by molar-refractivity contribution is 0.925. The average molecular weight is 288 g/mol. The van der Waals surface area contributed by atoms with Crippen molar-refractivity contribution >= 4 is 22.2 Å². The zero-order valence-electron chi connectivity index (χ0n) is 11.8. The monoisotopic (exact) mass is 288 g/mol. The number of anilines is 2. The van der Waals surface area contributed by atoms with Gasteiger partial charge < -0.3 is 10.2 Å². The van der Waals surface area contributed by atoms with E-state index < -0.39 is 0 Å². The van der Waals surface area contributed by atoms with E-state index in [0.717, 1.165) is 24.3 Å². The zero-order chi connectivity index (χ0) is 13.8. The molecule has 1 aliphatic heterocycles. The highest BCUT2D eigenvalue weighted by Gasteiger charge is 2.15. The number of hydrogen-bond donors (Lipinski definition) is 1. The van der Waals surface area contributed by atoms with E-state index in [1.54, 1.807) is 11.3 Å². The predicted octanol–water partition coefficient (Wildman–Crippen LogP) is 3.10. The Morgan fingerprint density at radius 3 is 3.00 bits per heavy atom. The zero-order valence-corrected chi connectivity index (χ0v) is 12.6. The topological polar surface area (TPSA) is 41.0 Å². The molecule has 3 rings (SSSR count). The lowest BCUT2D eigenvalue weighted by atomic mass is 10.3. The van der Waals surface area contributed by atoms with E-state index in [9.17, 15) is 0 Å². The van der Waals surface area contributed by atoms with Crippen LogP contribution in [0, 0.1) is 6.92 Å². The van der Waals surface area contributed by atoms with E-state index in [-0.39, 0.29) is 0 Å². The Morgan fingerprint density at radius 2 is 2.20 bits per heavy atom. The van der Waals surface area contributed by atoms with E-state index in [1.807, 2.05) is 19.2 Å². The first-order valence-corrected chi connectivity index (χ1v) is 8.05. The summed E-state index contributed by atoms with van der Waals surface area (Å²) in [5, 5.41) is 6.80. The van der Waals surface area contributed by atoms with Gasteiger partial charge in [-0.05, 0) is 31.9 Å². The molecular formula is C15H20N4S. The third-order valence-corrected chi connectivity index (χ3v) is 4.47. The minimum absolute atomic E-state index is 0.909. The van der Waals surface area contributed by atoms with Gasteiger partial charge in [0.05, 0.1) is 5.69 Å². The van der Waals surface area contributed by atoms with Crippen molar-refractivity contribution in [2.75, 3.05) is 29.9 Å². The molecule has 1 N–H and O–H groups in total. The fourth-order valence-corrected chi connectivity index (χ4v) is 3.37. The maximum atomic E-state index is 4.73. The maximum absolute atomic E-state index is 4.73. The number of nitrogens with one attached hydrogen (secondary N) is 1. The largest absolute Gasteiger partial charge is 0.385 e. The number of thiazole rings is 1. The second kappa shape index (κ2) is 6.22. The number of aromatic nitrogens is 2. The van der Waals surface area contributed by atoms with E-state index in [1.165, 1.54) is 36.8 Å². The van der Waals surface area contributed by atoms with Crippen LogP contribution in [0.15, 0.2) is 23.7 Å². The van der Waals surface area contributed by atoms with Crippen molar-refractivity contribution in [1.82, 2.24) is 9.97 Å². The number of rotatable bonds is 5. The molecule has 1 fully saturated rings. The van der Waals surface area contributed by atoms with Crippen LogP contribution < -0.4 is 10.2 Å². The lowest BCUT2D eigenvalue weighted by Crippen LogP contribution is -2.17. The fourth-order valence-electron chi connectivity index (χ4n) is 2.46. The molecule has 0 atom stereocenters. The van der Waals surface area contributed by atoms with E-state index in [2.05, 4.69) is 26.6 Å². The smallest absolute Gasteiger partial charge is 0.185 e. The van der Waals surface area contributed by atoms with Crippen molar-refractivity contribution in [2.24, 2.45) is 0 Å². The Kier molecular flexibility index (Phi) is 4.16. The summed E-state index contributed by atoms with van der Waals surface area (Å²) in [6.45, 7) is 5.25. The van der Waals surface area contributed by atoms with Gasteiger partial charge in [0, 0.05) is 49.0 Å². The van der Waals surface area contributed by atoms with Crippen molar-refractivity contribution in [2.45, 2.75) is 26.2 Å². The van der Waals surface area contributed by atoms with E-state index in [4.69, 9.17) is 4.98 Å². The van der Waals surface area contributed by atoms with E-state index in [0.29, 0.717) is 0 Å². The van der Waals surface area contributed by atoms with Crippen LogP contribution in [-0.2, 0) is 6.42 Å². The van der Waals surface area contributed by atoms with Crippen molar-refractivity contribution in [3.8, 4) is 0 Å². The van der Waals surface area contributed by atoms with Crippen molar-refractivity contribution < 1.29 is 0 Å². The standard InChI is InChI=1S/C15H20N4S/c1-12-10-13(4-6-16-12)17-7-5-14-11-20-15(18-14)19-8-2-3-9-19/h4,6,10-11H,2-3,5,7-9H2,1H3,(H,16,17). The van der Waals surface area contributed by atoms with Crippen LogP contribution in [-0.4, -0.2) is 29.6 Å². The van der Waals surface area contributed by atoms with Gasteiger partial charge in [0.25, 0.3) is 0 Å². The highest BCUT2D eigenvalue weighted by atomic mass is 32.1. The van der Waals surface area contributed by atoms with Gasteiger partial charge in [-0.3, -0.25) is 4.98 Å². The molecule has 0 saturated carbocycles. The fraction of sp³-hybridized carbons (Fsp3) is 0.467. The molecule has 2 aromatic rings. The van der Waals surface area contributed by atoms with Crippen LogP contribution in [0.2, 0.25) is 0 Å². The number of pyridine rings is 1. The van der Waals surface area contributed by atoms with Gasteiger partial charge in [-0.15, -0.1) is 11.3 Å². The molecule has 0 amide bonds.